The molecule has 54 heavy (non-hydrogen) atoms. The number of nitrogens with zero attached hydrogens (tertiary/aromatic N) is 4. The Morgan fingerprint density at radius 2 is 1.72 bits per heavy atom. The average molecular weight is 761 g/mol. The number of aliphatic hydroxyl groups is 2. The molecule has 0 spiro atoms. The van der Waals surface area contributed by atoms with Crippen molar-refractivity contribution in [3.8, 4) is 34.5 Å². The van der Waals surface area contributed by atoms with E-state index in [1.54, 1.807) is 18.2 Å². The van der Waals surface area contributed by atoms with Crippen molar-refractivity contribution in [2.45, 2.75) is 103 Å². The smallest absolute Gasteiger partial charge is 0.319 e. The molecule has 1 atom stereocenters. The van der Waals surface area contributed by atoms with Gasteiger partial charge >= 0.3 is 6.01 Å². The highest BCUT2D eigenvalue weighted by molar-refractivity contribution is 6.90. The summed E-state index contributed by atoms with van der Waals surface area (Å²) in [6.07, 6.45) is 5.08. The first-order chi connectivity index (χ1) is 25.7. The number of hydrogen-bond donors (Lipinski definition) is 2. The molecule has 1 saturated heterocycles. The lowest BCUT2D eigenvalue weighted by molar-refractivity contribution is 0.0221. The number of benzene rings is 2. The van der Waals surface area contributed by atoms with Gasteiger partial charge in [-0.1, -0.05) is 60.5 Å². The van der Waals surface area contributed by atoms with Crippen molar-refractivity contribution in [2.75, 3.05) is 45.1 Å². The summed E-state index contributed by atoms with van der Waals surface area (Å²) in [7, 11) is -0.773. The van der Waals surface area contributed by atoms with E-state index < -0.39 is 25.3 Å². The summed E-state index contributed by atoms with van der Waals surface area (Å²) in [6.45, 7) is 16.2. The molecule has 3 heterocycles. The Balaban J connectivity index is 1.60. The van der Waals surface area contributed by atoms with Gasteiger partial charge in [-0.2, -0.15) is 9.97 Å². The first kappa shape index (κ1) is 39.8. The SMILES string of the molecule is CCC1(O)CCCN(c2nc(OCC3(CO)CC3)nc3c(F)c(-c4cc(OCOC)cc5ccc(F)c(C#C[Si](C(C)C)(C(C)C)C(C)C)c45)ncc23)C1. The van der Waals surface area contributed by atoms with Gasteiger partial charge < -0.3 is 29.3 Å². The first-order valence-electron chi connectivity index (χ1n) is 19.2. The van der Waals surface area contributed by atoms with Crippen LogP contribution in [0.2, 0.25) is 16.6 Å². The number of pyridine rings is 1. The van der Waals surface area contributed by atoms with Crippen molar-refractivity contribution >= 4 is 35.6 Å². The van der Waals surface area contributed by atoms with Crippen LogP contribution < -0.4 is 14.4 Å². The molecule has 1 unspecified atom stereocenters. The molecule has 0 radical (unpaired) electrons. The molecule has 9 nitrogen and oxygen atoms in total. The van der Waals surface area contributed by atoms with E-state index in [4.69, 9.17) is 24.2 Å². The number of aliphatic hydroxyl groups excluding tert-OH is 1. The fraction of sp³-hybridized carbons (Fsp3) is 0.548. The maximum Gasteiger partial charge on any atom is 0.319 e. The van der Waals surface area contributed by atoms with Gasteiger partial charge in [-0.15, -0.1) is 5.54 Å². The molecule has 4 aromatic rings. The summed E-state index contributed by atoms with van der Waals surface area (Å²) < 4.78 is 50.6. The van der Waals surface area contributed by atoms with Crippen LogP contribution in [0.15, 0.2) is 30.5 Å². The van der Waals surface area contributed by atoms with Gasteiger partial charge in [0.05, 0.1) is 29.8 Å². The number of ether oxygens (including phenoxy) is 3. The minimum atomic E-state index is -2.28. The average Bonchev–Trinajstić information content (AvgIpc) is 3.94. The molecule has 2 aliphatic rings. The summed E-state index contributed by atoms with van der Waals surface area (Å²) in [5, 5.41) is 22.6. The number of rotatable bonds is 13. The maximum absolute atomic E-state index is 17.4. The predicted molar refractivity (Wildman–Crippen MR) is 212 cm³/mol. The molecule has 1 aliphatic carbocycles. The van der Waals surface area contributed by atoms with Crippen molar-refractivity contribution in [1.29, 1.82) is 0 Å². The Morgan fingerprint density at radius 1 is 1.00 bits per heavy atom. The van der Waals surface area contributed by atoms with E-state index in [1.165, 1.54) is 19.4 Å². The zero-order valence-electron chi connectivity index (χ0n) is 32.9. The van der Waals surface area contributed by atoms with Gasteiger partial charge in [-0.25, -0.2) is 8.78 Å². The quantitative estimate of drug-likeness (QED) is 0.0787. The maximum atomic E-state index is 17.4. The summed E-state index contributed by atoms with van der Waals surface area (Å²) in [5.74, 6) is 2.86. The second kappa shape index (κ2) is 15.7. The minimum Gasteiger partial charge on any atom is -0.468 e. The third-order valence-electron chi connectivity index (χ3n) is 11.9. The van der Waals surface area contributed by atoms with E-state index in [9.17, 15) is 10.2 Å². The van der Waals surface area contributed by atoms with Gasteiger partial charge in [0.25, 0.3) is 0 Å². The fourth-order valence-electron chi connectivity index (χ4n) is 8.38. The number of aromatic nitrogens is 3. The van der Waals surface area contributed by atoms with Crippen molar-refractivity contribution in [1.82, 2.24) is 15.0 Å². The van der Waals surface area contributed by atoms with Crippen LogP contribution in [0, 0.1) is 28.5 Å². The fourth-order valence-corrected chi connectivity index (χ4v) is 13.6. The summed E-state index contributed by atoms with van der Waals surface area (Å²) >= 11 is 0. The lowest BCUT2D eigenvalue weighted by Crippen LogP contribution is -2.48. The van der Waals surface area contributed by atoms with Crippen molar-refractivity contribution < 1.29 is 33.2 Å². The van der Waals surface area contributed by atoms with Gasteiger partial charge in [0, 0.05) is 42.8 Å². The zero-order chi connectivity index (χ0) is 39.0. The second-order valence-electron chi connectivity index (χ2n) is 16.3. The topological polar surface area (TPSA) is 110 Å². The van der Waals surface area contributed by atoms with E-state index in [0.717, 1.165) is 19.3 Å². The van der Waals surface area contributed by atoms with E-state index in [-0.39, 0.29) is 48.2 Å². The molecule has 2 fully saturated rings. The van der Waals surface area contributed by atoms with Crippen molar-refractivity contribution in [2.24, 2.45) is 5.41 Å². The first-order valence-corrected chi connectivity index (χ1v) is 21.4. The minimum absolute atomic E-state index is 0.0225. The van der Waals surface area contributed by atoms with E-state index in [0.29, 0.717) is 75.8 Å². The van der Waals surface area contributed by atoms with E-state index in [1.807, 2.05) is 11.8 Å². The Morgan fingerprint density at radius 3 is 2.35 bits per heavy atom. The molecule has 12 heteroatoms. The van der Waals surface area contributed by atoms with Gasteiger partial charge in [0.1, 0.15) is 36.7 Å². The number of fused-ring (bicyclic) bond motifs is 2. The zero-order valence-corrected chi connectivity index (χ0v) is 33.9. The van der Waals surface area contributed by atoms with Crippen LogP contribution in [0.5, 0.6) is 11.8 Å². The van der Waals surface area contributed by atoms with Crippen molar-refractivity contribution in [3.63, 3.8) is 0 Å². The highest BCUT2D eigenvalue weighted by Gasteiger charge is 2.44. The highest BCUT2D eigenvalue weighted by atomic mass is 28.3. The number of methoxy groups -OCH3 is 1. The van der Waals surface area contributed by atoms with Gasteiger partial charge in [0.2, 0.25) is 0 Å². The standard InChI is InChI=1S/C42H54F2N4O5Si/c1-9-42(50)14-10-17-48(22-42)39-33-21-45-37(36(44)38(33)46-40(47-39)52-24-41(23-49)15-16-41)32-20-30(53-25-51-8)19-29-11-12-34(43)31(35(29)32)13-18-54(26(2)3,27(4)5)28(6)7/h11-12,19-21,26-28,49-50H,9-10,14-17,22-25H2,1-8H3. The number of β-amino-alcohol motifs (C(OH)–C–C–N with tert-alkyl or cyclic N) is 1. The summed E-state index contributed by atoms with van der Waals surface area (Å²) in [4.78, 5) is 16.0. The van der Waals surface area contributed by atoms with Crippen LogP contribution in [0.25, 0.3) is 32.9 Å². The Labute approximate surface area is 318 Å². The molecule has 2 N–H and O–H groups in total. The van der Waals surface area contributed by atoms with Crippen LogP contribution in [0.4, 0.5) is 14.6 Å². The third kappa shape index (κ3) is 7.52. The van der Waals surface area contributed by atoms with Crippen LogP contribution in [0.1, 0.15) is 86.1 Å². The molecule has 0 bridgehead atoms. The molecule has 2 aromatic heterocycles. The van der Waals surface area contributed by atoms with Gasteiger partial charge in [-0.05, 0) is 72.3 Å². The van der Waals surface area contributed by atoms with Crippen LogP contribution in [-0.4, -0.2) is 79.0 Å². The van der Waals surface area contributed by atoms with Crippen molar-refractivity contribution in [3.05, 3.63) is 47.7 Å². The number of halogens is 2. The normalized spacial score (nSPS) is 18.5. The number of hydrogen-bond acceptors (Lipinski definition) is 9. The van der Waals surface area contributed by atoms with E-state index >= 15 is 8.78 Å². The van der Waals surface area contributed by atoms with Gasteiger partial charge in [0.15, 0.2) is 12.6 Å². The summed E-state index contributed by atoms with van der Waals surface area (Å²) in [6, 6.07) is 6.41. The van der Waals surface area contributed by atoms with Crippen LogP contribution in [-0.2, 0) is 4.74 Å². The van der Waals surface area contributed by atoms with Crippen LogP contribution >= 0.6 is 0 Å². The number of anilines is 1. The molecular formula is C42H54F2N4O5Si. The molecule has 0 amide bonds. The lowest BCUT2D eigenvalue weighted by atomic mass is 9.90. The van der Waals surface area contributed by atoms with E-state index in [2.05, 4.69) is 58.0 Å². The number of piperidine rings is 1. The third-order valence-corrected chi connectivity index (χ3v) is 18.2. The molecular weight excluding hydrogens is 707 g/mol. The Hall–Kier alpha value is -3.89. The Bertz CT molecular complexity index is 2060. The second-order valence-corrected chi connectivity index (χ2v) is 21.8. The monoisotopic (exact) mass is 760 g/mol. The predicted octanol–water partition coefficient (Wildman–Crippen LogP) is 8.57. The van der Waals surface area contributed by atoms with Crippen LogP contribution in [0.3, 0.4) is 0 Å². The molecule has 2 aromatic carbocycles. The Kier molecular flexibility index (Phi) is 11.6. The lowest BCUT2D eigenvalue weighted by Gasteiger charge is -2.39. The highest BCUT2D eigenvalue weighted by Crippen LogP contribution is 2.46. The summed E-state index contributed by atoms with van der Waals surface area (Å²) in [5.41, 5.74) is 3.72. The molecule has 1 aliphatic heterocycles. The molecule has 1 saturated carbocycles. The molecule has 290 valence electrons. The largest absolute Gasteiger partial charge is 0.468 e. The van der Waals surface area contributed by atoms with Gasteiger partial charge in [-0.3, -0.25) is 4.98 Å². The molecule has 6 rings (SSSR count).